The van der Waals surface area contributed by atoms with Gasteiger partial charge < -0.3 is 9.15 Å². The van der Waals surface area contributed by atoms with Gasteiger partial charge in [0.15, 0.2) is 0 Å². The van der Waals surface area contributed by atoms with Gasteiger partial charge in [0, 0.05) is 17.0 Å². The lowest BCUT2D eigenvalue weighted by Gasteiger charge is -2.09. The third-order valence-corrected chi connectivity index (χ3v) is 4.29. The van der Waals surface area contributed by atoms with Crippen molar-refractivity contribution in [3.8, 4) is 0 Å². The summed E-state index contributed by atoms with van der Waals surface area (Å²) in [5, 5.41) is 0.792. The Morgan fingerprint density at radius 3 is 2.64 bits per heavy atom. The van der Waals surface area contributed by atoms with Crippen molar-refractivity contribution in [2.75, 3.05) is 0 Å². The van der Waals surface area contributed by atoms with E-state index in [1.807, 2.05) is 56.3 Å². The normalized spacial score (nSPS) is 10.8. The quantitative estimate of drug-likeness (QED) is 0.523. The van der Waals surface area contributed by atoms with E-state index in [2.05, 4.69) is 0 Å². The fraction of sp³-hybridized carbons (Fsp3) is 0.238. The molecular weight excluding hydrogens is 316 g/mol. The van der Waals surface area contributed by atoms with Gasteiger partial charge in [0.05, 0.1) is 6.42 Å². The standard InChI is InChI=1S/C21H20O4/c1-3-15-8-9-18-17(12-21(23)25-19(18)10-15)13-24-20(22)11-16-7-5-4-6-14(16)2/h4-10,12H,3,11,13H2,1-2H3. The van der Waals surface area contributed by atoms with Crippen molar-refractivity contribution >= 4 is 16.9 Å². The van der Waals surface area contributed by atoms with Gasteiger partial charge in [-0.05, 0) is 36.1 Å². The predicted octanol–water partition coefficient (Wildman–Crippen LogP) is 3.95. The average molecular weight is 336 g/mol. The third-order valence-electron chi connectivity index (χ3n) is 4.29. The Morgan fingerprint density at radius 2 is 1.88 bits per heavy atom. The maximum absolute atomic E-state index is 12.1. The van der Waals surface area contributed by atoms with E-state index in [9.17, 15) is 9.59 Å². The monoisotopic (exact) mass is 336 g/mol. The van der Waals surface area contributed by atoms with E-state index in [-0.39, 0.29) is 19.0 Å². The fourth-order valence-electron chi connectivity index (χ4n) is 2.79. The summed E-state index contributed by atoms with van der Waals surface area (Å²) in [6.07, 6.45) is 1.07. The molecule has 0 N–H and O–H groups in total. The Bertz CT molecular complexity index is 969. The van der Waals surface area contributed by atoms with Gasteiger partial charge >= 0.3 is 11.6 Å². The summed E-state index contributed by atoms with van der Waals surface area (Å²) in [5.74, 6) is -0.319. The molecule has 0 aliphatic heterocycles. The largest absolute Gasteiger partial charge is 0.461 e. The van der Waals surface area contributed by atoms with Gasteiger partial charge in [-0.25, -0.2) is 4.79 Å². The summed E-state index contributed by atoms with van der Waals surface area (Å²) in [7, 11) is 0. The van der Waals surface area contributed by atoms with Crippen molar-refractivity contribution in [3.63, 3.8) is 0 Å². The summed E-state index contributed by atoms with van der Waals surface area (Å²) >= 11 is 0. The minimum atomic E-state index is -0.439. The second-order valence-corrected chi connectivity index (χ2v) is 6.04. The van der Waals surface area contributed by atoms with Crippen LogP contribution in [-0.4, -0.2) is 5.97 Å². The molecule has 0 bridgehead atoms. The Hall–Kier alpha value is -2.88. The zero-order chi connectivity index (χ0) is 17.8. The minimum absolute atomic E-state index is 0.0539. The molecule has 1 aromatic heterocycles. The molecule has 25 heavy (non-hydrogen) atoms. The van der Waals surface area contributed by atoms with Crippen LogP contribution in [0.5, 0.6) is 0 Å². The molecule has 0 fully saturated rings. The van der Waals surface area contributed by atoms with Crippen LogP contribution < -0.4 is 5.63 Å². The number of aryl methyl sites for hydroxylation is 2. The van der Waals surface area contributed by atoms with Crippen LogP contribution in [0.4, 0.5) is 0 Å². The average Bonchev–Trinajstić information content (AvgIpc) is 2.61. The number of hydrogen-bond donors (Lipinski definition) is 0. The Morgan fingerprint density at radius 1 is 1.08 bits per heavy atom. The second-order valence-electron chi connectivity index (χ2n) is 6.04. The number of carbonyl (C=O) groups excluding carboxylic acids is 1. The lowest BCUT2D eigenvalue weighted by Crippen LogP contribution is -2.10. The van der Waals surface area contributed by atoms with Crippen molar-refractivity contribution in [3.05, 3.63) is 81.2 Å². The zero-order valence-corrected chi connectivity index (χ0v) is 14.4. The van der Waals surface area contributed by atoms with Crippen LogP contribution in [0, 0.1) is 6.92 Å². The summed E-state index contributed by atoms with van der Waals surface area (Å²) in [6, 6.07) is 14.8. The zero-order valence-electron chi connectivity index (χ0n) is 14.4. The molecule has 0 spiro atoms. The van der Waals surface area contributed by atoms with Gasteiger partial charge in [-0.3, -0.25) is 4.79 Å². The van der Waals surface area contributed by atoms with Crippen molar-refractivity contribution in [1.82, 2.24) is 0 Å². The van der Waals surface area contributed by atoms with Crippen molar-refractivity contribution in [1.29, 1.82) is 0 Å². The van der Waals surface area contributed by atoms with E-state index in [1.165, 1.54) is 6.07 Å². The van der Waals surface area contributed by atoms with Gasteiger partial charge in [-0.15, -0.1) is 0 Å². The molecule has 0 aliphatic rings. The highest BCUT2D eigenvalue weighted by Crippen LogP contribution is 2.20. The Balaban J connectivity index is 1.78. The smallest absolute Gasteiger partial charge is 0.336 e. The summed E-state index contributed by atoms with van der Waals surface area (Å²) in [4.78, 5) is 23.9. The van der Waals surface area contributed by atoms with Crippen LogP contribution in [0.1, 0.15) is 29.2 Å². The molecule has 3 rings (SSSR count). The molecule has 3 aromatic rings. The highest BCUT2D eigenvalue weighted by atomic mass is 16.5. The van der Waals surface area contributed by atoms with Crippen molar-refractivity contribution in [2.45, 2.75) is 33.3 Å². The topological polar surface area (TPSA) is 56.5 Å². The second kappa shape index (κ2) is 7.34. The minimum Gasteiger partial charge on any atom is -0.461 e. The Labute approximate surface area is 146 Å². The molecule has 0 atom stereocenters. The first-order valence-corrected chi connectivity index (χ1v) is 8.32. The number of benzene rings is 2. The molecular formula is C21H20O4. The maximum Gasteiger partial charge on any atom is 0.336 e. The first-order chi connectivity index (χ1) is 12.1. The molecule has 0 saturated carbocycles. The molecule has 0 saturated heterocycles. The predicted molar refractivity (Wildman–Crippen MR) is 96.5 cm³/mol. The van der Waals surface area contributed by atoms with Crippen molar-refractivity contribution < 1.29 is 13.9 Å². The molecule has 0 unspecified atom stereocenters. The summed E-state index contributed by atoms with van der Waals surface area (Å²) in [6.45, 7) is 4.05. The van der Waals surface area contributed by atoms with Crippen LogP contribution >= 0.6 is 0 Å². The van der Waals surface area contributed by atoms with E-state index in [1.54, 1.807) is 0 Å². The molecule has 128 valence electrons. The number of ether oxygens (including phenoxy) is 1. The maximum atomic E-state index is 12.1. The number of esters is 1. The number of carbonyl (C=O) groups is 1. The fourth-order valence-corrected chi connectivity index (χ4v) is 2.79. The SMILES string of the molecule is CCc1ccc2c(COC(=O)Cc3ccccc3C)cc(=O)oc2c1. The van der Waals surface area contributed by atoms with Crippen LogP contribution in [-0.2, 0) is 29.0 Å². The van der Waals surface area contributed by atoms with Gasteiger partial charge in [0.2, 0.25) is 0 Å². The van der Waals surface area contributed by atoms with E-state index >= 15 is 0 Å². The first-order valence-electron chi connectivity index (χ1n) is 8.32. The lowest BCUT2D eigenvalue weighted by molar-refractivity contribution is -0.144. The van der Waals surface area contributed by atoms with Crippen LogP contribution in [0.25, 0.3) is 11.0 Å². The highest BCUT2D eigenvalue weighted by Gasteiger charge is 2.11. The molecule has 0 aliphatic carbocycles. The van der Waals surface area contributed by atoms with Gasteiger partial charge in [0.1, 0.15) is 12.2 Å². The van der Waals surface area contributed by atoms with E-state index < -0.39 is 5.63 Å². The number of hydrogen-bond acceptors (Lipinski definition) is 4. The molecule has 1 heterocycles. The first kappa shape index (κ1) is 17.0. The van der Waals surface area contributed by atoms with Crippen molar-refractivity contribution in [2.24, 2.45) is 0 Å². The third kappa shape index (κ3) is 3.97. The highest BCUT2D eigenvalue weighted by molar-refractivity contribution is 5.81. The summed E-state index contributed by atoms with van der Waals surface area (Å²) in [5.41, 5.74) is 3.83. The van der Waals surface area contributed by atoms with E-state index in [4.69, 9.17) is 9.15 Å². The summed E-state index contributed by atoms with van der Waals surface area (Å²) < 4.78 is 10.7. The molecule has 2 aromatic carbocycles. The Kier molecular flexibility index (Phi) is 4.98. The van der Waals surface area contributed by atoms with E-state index in [0.29, 0.717) is 11.1 Å². The lowest BCUT2D eigenvalue weighted by atomic mass is 10.1. The molecule has 0 amide bonds. The van der Waals surface area contributed by atoms with Crippen LogP contribution in [0.15, 0.2) is 57.7 Å². The van der Waals surface area contributed by atoms with Crippen LogP contribution in [0.2, 0.25) is 0 Å². The molecule has 4 nitrogen and oxygen atoms in total. The van der Waals surface area contributed by atoms with Gasteiger partial charge in [-0.2, -0.15) is 0 Å². The molecule has 4 heteroatoms. The van der Waals surface area contributed by atoms with Gasteiger partial charge in [0.25, 0.3) is 0 Å². The number of fused-ring (bicyclic) bond motifs is 1. The van der Waals surface area contributed by atoms with Gasteiger partial charge in [-0.1, -0.05) is 43.3 Å². The molecule has 0 radical (unpaired) electrons. The van der Waals surface area contributed by atoms with E-state index in [0.717, 1.165) is 28.5 Å². The van der Waals surface area contributed by atoms with Crippen LogP contribution in [0.3, 0.4) is 0 Å². The number of rotatable bonds is 5.